The molecular weight excluding hydrogens is 255 g/mol. The van der Waals surface area contributed by atoms with Crippen LogP contribution in [-0.2, 0) is 4.74 Å². The van der Waals surface area contributed by atoms with E-state index in [2.05, 4.69) is 0 Å². The van der Waals surface area contributed by atoms with Gasteiger partial charge in [0.25, 0.3) is 0 Å². The van der Waals surface area contributed by atoms with Crippen LogP contribution in [0.1, 0.15) is 64.2 Å². The van der Waals surface area contributed by atoms with E-state index in [1.165, 1.54) is 25.7 Å². The Labute approximate surface area is 113 Å². The summed E-state index contributed by atoms with van der Waals surface area (Å²) < 4.78 is 41.7. The molecule has 0 bridgehead atoms. The van der Waals surface area contributed by atoms with Crippen LogP contribution in [0.5, 0.6) is 0 Å². The molecule has 1 aliphatic rings. The molecule has 114 valence electrons. The predicted molar refractivity (Wildman–Crippen MR) is 69.9 cm³/mol. The summed E-state index contributed by atoms with van der Waals surface area (Å²) in [5, 5.41) is 0. The highest BCUT2D eigenvalue weighted by Crippen LogP contribution is 2.21. The molecule has 0 radical (unpaired) electrons. The minimum Gasteiger partial charge on any atom is -0.367 e. The lowest BCUT2D eigenvalue weighted by atomic mass is 9.96. The molecule has 2 N–H and O–H groups in total. The van der Waals surface area contributed by atoms with E-state index < -0.39 is 18.9 Å². The summed E-state index contributed by atoms with van der Waals surface area (Å²) >= 11 is 0. The molecule has 0 spiro atoms. The van der Waals surface area contributed by atoms with E-state index in [0.29, 0.717) is 6.42 Å². The van der Waals surface area contributed by atoms with Crippen LogP contribution >= 0.6 is 0 Å². The molecule has 0 aromatic heterocycles. The Morgan fingerprint density at radius 2 is 1.32 bits per heavy atom. The molecule has 1 rings (SSSR count). The Bertz CT molecular complexity index is 233. The van der Waals surface area contributed by atoms with E-state index in [9.17, 15) is 13.2 Å². The molecule has 1 fully saturated rings. The molecule has 5 heteroatoms. The minimum absolute atomic E-state index is 0.262. The Kier molecular flexibility index (Phi) is 7.76. The highest BCUT2D eigenvalue weighted by Gasteiger charge is 2.30. The van der Waals surface area contributed by atoms with Crippen LogP contribution in [0.2, 0.25) is 0 Å². The molecule has 0 aromatic carbocycles. The van der Waals surface area contributed by atoms with Gasteiger partial charge in [-0.15, -0.1) is 0 Å². The second kappa shape index (κ2) is 8.80. The number of halogens is 3. The topological polar surface area (TPSA) is 35.2 Å². The largest absolute Gasteiger partial charge is 0.411 e. The lowest BCUT2D eigenvalue weighted by Gasteiger charge is -2.25. The van der Waals surface area contributed by atoms with Crippen LogP contribution in [-0.4, -0.2) is 24.9 Å². The minimum atomic E-state index is -4.26. The highest BCUT2D eigenvalue weighted by molar-refractivity contribution is 4.75. The molecule has 0 amide bonds. The Morgan fingerprint density at radius 1 is 0.842 bits per heavy atom. The first-order valence-electron chi connectivity index (χ1n) is 7.43. The Hall–Kier alpha value is -0.290. The third-order valence-corrected chi connectivity index (χ3v) is 3.71. The number of hydrogen-bond acceptors (Lipinski definition) is 2. The lowest BCUT2D eigenvalue weighted by Crippen LogP contribution is -2.39. The molecule has 0 saturated heterocycles. The van der Waals surface area contributed by atoms with Crippen molar-refractivity contribution in [3.8, 4) is 0 Å². The zero-order valence-electron chi connectivity index (χ0n) is 11.6. The van der Waals surface area contributed by atoms with Crippen molar-refractivity contribution < 1.29 is 17.9 Å². The quantitative estimate of drug-likeness (QED) is 0.824. The molecule has 1 aliphatic carbocycles. The predicted octanol–water partition coefficient (Wildman–Crippen LogP) is 4.18. The molecular formula is C14H26F3NO. The number of hydrogen-bond donors (Lipinski definition) is 1. The van der Waals surface area contributed by atoms with E-state index in [4.69, 9.17) is 10.5 Å². The van der Waals surface area contributed by atoms with Crippen molar-refractivity contribution in [2.24, 2.45) is 5.73 Å². The fraction of sp³-hybridized carbons (Fsp3) is 1.00. The van der Waals surface area contributed by atoms with Gasteiger partial charge < -0.3 is 10.5 Å². The molecule has 2 atom stereocenters. The van der Waals surface area contributed by atoms with Gasteiger partial charge in [0.1, 0.15) is 6.61 Å². The van der Waals surface area contributed by atoms with Gasteiger partial charge in [-0.2, -0.15) is 13.2 Å². The molecule has 0 heterocycles. The first kappa shape index (κ1) is 16.8. The van der Waals surface area contributed by atoms with Crippen LogP contribution in [0.4, 0.5) is 13.2 Å². The van der Waals surface area contributed by atoms with Gasteiger partial charge >= 0.3 is 6.18 Å². The highest BCUT2D eigenvalue weighted by atomic mass is 19.4. The van der Waals surface area contributed by atoms with Gasteiger partial charge in [-0.1, -0.05) is 51.4 Å². The van der Waals surface area contributed by atoms with Crippen molar-refractivity contribution in [2.75, 3.05) is 6.61 Å². The van der Waals surface area contributed by atoms with Crippen molar-refractivity contribution >= 4 is 0 Å². The van der Waals surface area contributed by atoms with Gasteiger partial charge in [-0.3, -0.25) is 0 Å². The Balaban J connectivity index is 2.41. The molecule has 2 nitrogen and oxygen atoms in total. The fourth-order valence-electron chi connectivity index (χ4n) is 2.59. The number of alkyl halides is 3. The summed E-state index contributed by atoms with van der Waals surface area (Å²) in [5.41, 5.74) is 6.00. The number of ether oxygens (including phenoxy) is 1. The van der Waals surface area contributed by atoms with Crippen LogP contribution < -0.4 is 5.73 Å². The van der Waals surface area contributed by atoms with Crippen LogP contribution in [0.15, 0.2) is 0 Å². The lowest BCUT2D eigenvalue weighted by molar-refractivity contribution is -0.188. The summed E-state index contributed by atoms with van der Waals surface area (Å²) in [6, 6.07) is -0.262. The standard InChI is InChI=1S/C14H26F3NO/c15-14(16,17)11-19-13-10-8-6-4-2-1-3-5-7-9-12(13)18/h12-13H,1-11,18H2. The second-order valence-corrected chi connectivity index (χ2v) is 5.53. The van der Waals surface area contributed by atoms with E-state index >= 15 is 0 Å². The Morgan fingerprint density at radius 3 is 1.84 bits per heavy atom. The van der Waals surface area contributed by atoms with Crippen molar-refractivity contribution in [3.05, 3.63) is 0 Å². The van der Waals surface area contributed by atoms with E-state index in [1.807, 2.05) is 0 Å². The second-order valence-electron chi connectivity index (χ2n) is 5.53. The van der Waals surface area contributed by atoms with Crippen LogP contribution in [0.3, 0.4) is 0 Å². The third-order valence-electron chi connectivity index (χ3n) is 3.71. The van der Waals surface area contributed by atoms with Gasteiger partial charge in [-0.05, 0) is 12.8 Å². The van der Waals surface area contributed by atoms with Gasteiger partial charge in [0.2, 0.25) is 0 Å². The summed E-state index contributed by atoms with van der Waals surface area (Å²) in [4.78, 5) is 0. The first-order chi connectivity index (χ1) is 8.99. The van der Waals surface area contributed by atoms with Crippen LogP contribution in [0, 0.1) is 0 Å². The summed E-state index contributed by atoms with van der Waals surface area (Å²) in [7, 11) is 0. The average molecular weight is 281 g/mol. The zero-order chi connectivity index (χ0) is 14.1. The smallest absolute Gasteiger partial charge is 0.367 e. The summed E-state index contributed by atoms with van der Waals surface area (Å²) in [5.74, 6) is 0. The van der Waals surface area contributed by atoms with Gasteiger partial charge in [0.05, 0.1) is 6.10 Å². The van der Waals surface area contributed by atoms with Gasteiger partial charge in [0, 0.05) is 6.04 Å². The maximum Gasteiger partial charge on any atom is 0.411 e. The van der Waals surface area contributed by atoms with E-state index in [-0.39, 0.29) is 6.04 Å². The zero-order valence-corrected chi connectivity index (χ0v) is 11.6. The average Bonchev–Trinajstić information content (AvgIpc) is 2.31. The van der Waals surface area contributed by atoms with Crippen molar-refractivity contribution in [1.29, 1.82) is 0 Å². The van der Waals surface area contributed by atoms with Gasteiger partial charge in [0.15, 0.2) is 0 Å². The molecule has 0 aliphatic heterocycles. The monoisotopic (exact) mass is 281 g/mol. The molecule has 1 saturated carbocycles. The third kappa shape index (κ3) is 8.47. The van der Waals surface area contributed by atoms with E-state index in [0.717, 1.165) is 32.1 Å². The first-order valence-corrected chi connectivity index (χ1v) is 7.43. The fourth-order valence-corrected chi connectivity index (χ4v) is 2.59. The number of rotatable bonds is 2. The maximum atomic E-state index is 12.2. The maximum absolute atomic E-state index is 12.2. The van der Waals surface area contributed by atoms with Crippen molar-refractivity contribution in [1.82, 2.24) is 0 Å². The van der Waals surface area contributed by atoms with Crippen LogP contribution in [0.25, 0.3) is 0 Å². The SMILES string of the molecule is NC1CCCCCCCCCCC1OCC(F)(F)F. The molecule has 0 aromatic rings. The van der Waals surface area contributed by atoms with Crippen molar-refractivity contribution in [3.63, 3.8) is 0 Å². The summed E-state index contributed by atoms with van der Waals surface area (Å²) in [6.07, 6.45) is 5.69. The van der Waals surface area contributed by atoms with E-state index in [1.54, 1.807) is 0 Å². The molecule has 2 unspecified atom stereocenters. The number of nitrogens with two attached hydrogens (primary N) is 1. The normalized spacial score (nSPS) is 28.4. The van der Waals surface area contributed by atoms with Gasteiger partial charge in [-0.25, -0.2) is 0 Å². The molecule has 19 heavy (non-hydrogen) atoms. The van der Waals surface area contributed by atoms with Crippen molar-refractivity contribution in [2.45, 2.75) is 82.5 Å². The summed E-state index contributed by atoms with van der Waals surface area (Å²) in [6.45, 7) is -1.18.